The van der Waals surface area contributed by atoms with Gasteiger partial charge in [0.25, 0.3) is 5.91 Å². The third-order valence-corrected chi connectivity index (χ3v) is 6.30. The molecule has 0 radical (unpaired) electrons. The molecule has 1 aromatic heterocycles. The van der Waals surface area contributed by atoms with Crippen LogP contribution >= 0.6 is 34.5 Å². The van der Waals surface area contributed by atoms with E-state index in [0.717, 1.165) is 10.4 Å². The van der Waals surface area contributed by atoms with Crippen LogP contribution in [-0.4, -0.2) is 34.7 Å². The van der Waals surface area contributed by atoms with Crippen LogP contribution in [0.1, 0.15) is 20.8 Å². The van der Waals surface area contributed by atoms with E-state index in [-0.39, 0.29) is 35.7 Å². The van der Waals surface area contributed by atoms with Gasteiger partial charge in [0, 0.05) is 23.5 Å². The number of nitrogens with zero attached hydrogens (tertiary/aromatic N) is 2. The van der Waals surface area contributed by atoms with E-state index < -0.39 is 0 Å². The van der Waals surface area contributed by atoms with E-state index in [1.807, 2.05) is 17.5 Å². The summed E-state index contributed by atoms with van der Waals surface area (Å²) in [5, 5.41) is 2.54. The summed E-state index contributed by atoms with van der Waals surface area (Å²) in [7, 11) is 0. The van der Waals surface area contributed by atoms with E-state index in [9.17, 15) is 14.0 Å². The minimum absolute atomic E-state index is 0.141. The van der Waals surface area contributed by atoms with Crippen LogP contribution in [0, 0.1) is 5.82 Å². The molecule has 166 valence electrons. The Morgan fingerprint density at radius 1 is 1.00 bits per heavy atom. The third-order valence-electron chi connectivity index (χ3n) is 4.70. The molecule has 1 heterocycles. The zero-order chi connectivity index (χ0) is 23.1. The first kappa shape index (κ1) is 24.0. The van der Waals surface area contributed by atoms with Gasteiger partial charge in [-0.3, -0.25) is 9.59 Å². The summed E-state index contributed by atoms with van der Waals surface area (Å²) in [6.45, 7) is 4.42. The van der Waals surface area contributed by atoms with Gasteiger partial charge in [0.05, 0.1) is 16.6 Å². The Morgan fingerprint density at radius 2 is 1.75 bits per heavy atom. The summed E-state index contributed by atoms with van der Waals surface area (Å²) in [4.78, 5) is 30.4. The summed E-state index contributed by atoms with van der Waals surface area (Å²) < 4.78 is 13.3. The molecule has 0 unspecified atom stereocenters. The van der Waals surface area contributed by atoms with Gasteiger partial charge < -0.3 is 9.80 Å². The minimum atomic E-state index is -0.352. The van der Waals surface area contributed by atoms with Gasteiger partial charge in [-0.25, -0.2) is 4.39 Å². The number of amides is 2. The predicted octanol–water partition coefficient (Wildman–Crippen LogP) is 6.05. The van der Waals surface area contributed by atoms with E-state index in [0.29, 0.717) is 23.7 Å². The van der Waals surface area contributed by atoms with Crippen molar-refractivity contribution in [1.82, 2.24) is 9.80 Å². The average molecular weight is 491 g/mol. The van der Waals surface area contributed by atoms with Crippen molar-refractivity contribution in [2.75, 3.05) is 13.1 Å². The second-order valence-corrected chi connectivity index (χ2v) is 8.91. The first-order valence-electron chi connectivity index (χ1n) is 9.77. The molecule has 8 heteroatoms. The highest BCUT2D eigenvalue weighted by Crippen LogP contribution is 2.23. The molecular weight excluding hydrogens is 470 g/mol. The Morgan fingerprint density at radius 3 is 2.38 bits per heavy atom. The van der Waals surface area contributed by atoms with Crippen molar-refractivity contribution in [2.45, 2.75) is 13.1 Å². The van der Waals surface area contributed by atoms with Crippen molar-refractivity contribution in [1.29, 1.82) is 0 Å². The monoisotopic (exact) mass is 490 g/mol. The largest absolute Gasteiger partial charge is 0.332 e. The number of rotatable bonds is 9. The quantitative estimate of drug-likeness (QED) is 0.342. The van der Waals surface area contributed by atoms with Crippen molar-refractivity contribution in [3.63, 3.8) is 0 Å². The van der Waals surface area contributed by atoms with Crippen LogP contribution in [0.15, 0.2) is 72.6 Å². The molecule has 32 heavy (non-hydrogen) atoms. The molecule has 0 N–H and O–H groups in total. The van der Waals surface area contributed by atoms with Crippen molar-refractivity contribution in [3.05, 3.63) is 104 Å². The first-order chi connectivity index (χ1) is 15.4. The van der Waals surface area contributed by atoms with Crippen molar-refractivity contribution in [2.24, 2.45) is 0 Å². The summed E-state index contributed by atoms with van der Waals surface area (Å²) in [6.07, 6.45) is 1.56. The van der Waals surface area contributed by atoms with Gasteiger partial charge in [0.15, 0.2) is 0 Å². The molecule has 2 amide bonds. The lowest BCUT2D eigenvalue weighted by Gasteiger charge is -2.27. The molecule has 0 spiro atoms. The van der Waals surface area contributed by atoms with Crippen molar-refractivity contribution < 1.29 is 14.0 Å². The van der Waals surface area contributed by atoms with Gasteiger partial charge in [-0.2, -0.15) is 0 Å². The standard InChI is InChI=1S/C24H21Cl2FN2O2S/c1-2-11-28(24(31)18-7-10-21(25)22(26)13-18)16-23(30)29(15-20-4-3-12-32-20)14-17-5-8-19(27)9-6-17/h2-10,12-13H,1,11,14-16H2. The number of carbonyl (C=O) groups excluding carboxylic acids is 2. The zero-order valence-corrected chi connectivity index (χ0v) is 19.5. The first-order valence-corrected chi connectivity index (χ1v) is 11.4. The molecule has 0 aliphatic rings. The highest BCUT2D eigenvalue weighted by Gasteiger charge is 2.23. The Hall–Kier alpha value is -2.67. The highest BCUT2D eigenvalue weighted by atomic mass is 35.5. The second-order valence-electron chi connectivity index (χ2n) is 7.06. The van der Waals surface area contributed by atoms with Crippen molar-refractivity contribution in [3.8, 4) is 0 Å². The Bertz CT molecular complexity index is 1090. The Balaban J connectivity index is 1.80. The van der Waals surface area contributed by atoms with Gasteiger partial charge in [-0.1, -0.05) is 47.5 Å². The maximum atomic E-state index is 13.3. The predicted molar refractivity (Wildman–Crippen MR) is 128 cm³/mol. The van der Waals surface area contributed by atoms with Crippen LogP contribution in [0.2, 0.25) is 10.0 Å². The van der Waals surface area contributed by atoms with Crippen molar-refractivity contribution >= 4 is 46.4 Å². The van der Waals surface area contributed by atoms with E-state index in [4.69, 9.17) is 23.2 Å². The summed E-state index contributed by atoms with van der Waals surface area (Å²) >= 11 is 13.5. The second kappa shape index (κ2) is 11.3. The number of carbonyl (C=O) groups is 2. The fraction of sp³-hybridized carbons (Fsp3) is 0.167. The fourth-order valence-electron chi connectivity index (χ4n) is 3.08. The molecule has 0 saturated carbocycles. The number of hydrogen-bond donors (Lipinski definition) is 0. The average Bonchev–Trinajstić information content (AvgIpc) is 3.29. The normalized spacial score (nSPS) is 10.6. The topological polar surface area (TPSA) is 40.6 Å². The van der Waals surface area contributed by atoms with Gasteiger partial charge >= 0.3 is 0 Å². The molecule has 0 aliphatic heterocycles. The molecule has 4 nitrogen and oxygen atoms in total. The lowest BCUT2D eigenvalue weighted by Crippen LogP contribution is -2.42. The molecule has 3 rings (SSSR count). The summed E-state index contributed by atoms with van der Waals surface area (Å²) in [6, 6.07) is 14.5. The minimum Gasteiger partial charge on any atom is -0.332 e. The number of halogens is 3. The highest BCUT2D eigenvalue weighted by molar-refractivity contribution is 7.09. The molecule has 0 fully saturated rings. The maximum Gasteiger partial charge on any atom is 0.254 e. The van der Waals surface area contributed by atoms with E-state index in [1.165, 1.54) is 34.4 Å². The molecular formula is C24H21Cl2FN2O2S. The Kier molecular flexibility index (Phi) is 8.45. The van der Waals surface area contributed by atoms with Crippen LogP contribution in [0.3, 0.4) is 0 Å². The smallest absolute Gasteiger partial charge is 0.254 e. The van der Waals surface area contributed by atoms with Gasteiger partial charge in [-0.15, -0.1) is 17.9 Å². The Labute approximate surface area is 200 Å². The van der Waals surface area contributed by atoms with Gasteiger partial charge in [0.2, 0.25) is 5.91 Å². The molecule has 3 aromatic rings. The number of thiophene rings is 1. The SMILES string of the molecule is C=CCN(CC(=O)N(Cc1ccc(F)cc1)Cc1cccs1)C(=O)c1ccc(Cl)c(Cl)c1. The molecule has 0 bridgehead atoms. The zero-order valence-electron chi connectivity index (χ0n) is 17.1. The van der Waals surface area contributed by atoms with Crippen LogP contribution < -0.4 is 0 Å². The number of hydrogen-bond acceptors (Lipinski definition) is 3. The van der Waals surface area contributed by atoms with Crippen LogP contribution in [0.4, 0.5) is 4.39 Å². The van der Waals surface area contributed by atoms with Crippen LogP contribution in [-0.2, 0) is 17.9 Å². The van der Waals surface area contributed by atoms with E-state index >= 15 is 0 Å². The van der Waals surface area contributed by atoms with E-state index in [2.05, 4.69) is 6.58 Å². The van der Waals surface area contributed by atoms with Gasteiger partial charge in [0.1, 0.15) is 12.4 Å². The number of benzene rings is 2. The van der Waals surface area contributed by atoms with Gasteiger partial charge in [-0.05, 0) is 47.3 Å². The summed E-state index contributed by atoms with van der Waals surface area (Å²) in [5.41, 5.74) is 1.12. The lowest BCUT2D eigenvalue weighted by atomic mass is 10.2. The van der Waals surface area contributed by atoms with Crippen LogP contribution in [0.25, 0.3) is 0 Å². The fourth-order valence-corrected chi connectivity index (χ4v) is 4.10. The lowest BCUT2D eigenvalue weighted by molar-refractivity contribution is -0.133. The van der Waals surface area contributed by atoms with Crippen LogP contribution in [0.5, 0.6) is 0 Å². The third kappa shape index (κ3) is 6.42. The molecule has 0 aliphatic carbocycles. The molecule has 0 atom stereocenters. The van der Waals surface area contributed by atoms with E-state index in [1.54, 1.807) is 35.2 Å². The maximum absolute atomic E-state index is 13.3. The molecule has 0 saturated heterocycles. The summed E-state index contributed by atoms with van der Waals surface area (Å²) in [5.74, 6) is -0.929. The molecule has 2 aromatic carbocycles.